The van der Waals surface area contributed by atoms with Crippen molar-refractivity contribution in [3.05, 3.63) is 29.3 Å². The second kappa shape index (κ2) is 7.20. The first kappa shape index (κ1) is 14.7. The molecule has 100 valence electrons. The van der Waals surface area contributed by atoms with Crippen LogP contribution in [0.25, 0.3) is 0 Å². The lowest BCUT2D eigenvalue weighted by atomic mass is 9.98. The van der Waals surface area contributed by atoms with Gasteiger partial charge >= 0.3 is 0 Å². The van der Waals surface area contributed by atoms with Gasteiger partial charge in [0.05, 0.1) is 0 Å². The highest BCUT2D eigenvalue weighted by atomic mass is 16.1. The van der Waals surface area contributed by atoms with Crippen molar-refractivity contribution < 1.29 is 4.79 Å². The summed E-state index contributed by atoms with van der Waals surface area (Å²) in [5, 5.41) is 3.10. The maximum atomic E-state index is 12.2. The predicted octanol–water partition coefficient (Wildman–Crippen LogP) is 4.46. The molecule has 0 spiro atoms. The molecule has 1 rings (SSSR count). The third-order valence-electron chi connectivity index (χ3n) is 3.50. The van der Waals surface area contributed by atoms with Gasteiger partial charge in [-0.15, -0.1) is 0 Å². The number of hydrogen-bond donors (Lipinski definition) is 1. The van der Waals surface area contributed by atoms with Gasteiger partial charge < -0.3 is 5.32 Å². The Bertz CT molecular complexity index is 378. The molecule has 0 fully saturated rings. The fourth-order valence-corrected chi connectivity index (χ4v) is 2.21. The van der Waals surface area contributed by atoms with Crippen molar-refractivity contribution in [1.82, 2.24) is 0 Å². The van der Waals surface area contributed by atoms with Crippen molar-refractivity contribution >= 4 is 11.6 Å². The number of benzene rings is 1. The highest BCUT2D eigenvalue weighted by Crippen LogP contribution is 2.22. The van der Waals surface area contributed by atoms with Crippen molar-refractivity contribution in [2.24, 2.45) is 5.92 Å². The molecule has 0 saturated heterocycles. The van der Waals surface area contributed by atoms with E-state index < -0.39 is 0 Å². The van der Waals surface area contributed by atoms with Crippen LogP contribution in [-0.4, -0.2) is 5.91 Å². The highest BCUT2D eigenvalue weighted by molar-refractivity contribution is 5.93. The van der Waals surface area contributed by atoms with Crippen LogP contribution in [0, 0.1) is 19.8 Å². The van der Waals surface area contributed by atoms with Gasteiger partial charge in [0.1, 0.15) is 0 Å². The average Bonchev–Trinajstić information content (AvgIpc) is 2.35. The van der Waals surface area contributed by atoms with Crippen LogP contribution in [0.3, 0.4) is 0 Å². The molecule has 1 amide bonds. The number of para-hydroxylation sites is 1. The van der Waals surface area contributed by atoms with Crippen LogP contribution in [0.15, 0.2) is 18.2 Å². The van der Waals surface area contributed by atoms with Crippen LogP contribution in [0.4, 0.5) is 5.69 Å². The lowest BCUT2D eigenvalue weighted by molar-refractivity contribution is -0.120. The van der Waals surface area contributed by atoms with Gasteiger partial charge in [-0.05, 0) is 37.8 Å². The van der Waals surface area contributed by atoms with Gasteiger partial charge in [-0.25, -0.2) is 0 Å². The summed E-state index contributed by atoms with van der Waals surface area (Å²) in [7, 11) is 0. The Balaban J connectivity index is 2.73. The number of rotatable bonds is 6. The molecular weight excluding hydrogens is 222 g/mol. The number of anilines is 1. The molecule has 18 heavy (non-hydrogen) atoms. The van der Waals surface area contributed by atoms with Crippen LogP contribution in [0.5, 0.6) is 0 Å². The van der Waals surface area contributed by atoms with E-state index in [4.69, 9.17) is 0 Å². The smallest absolute Gasteiger partial charge is 0.227 e. The fourth-order valence-electron chi connectivity index (χ4n) is 2.21. The second-order valence-electron chi connectivity index (χ2n) is 5.00. The van der Waals surface area contributed by atoms with E-state index in [0.29, 0.717) is 0 Å². The first-order valence-electron chi connectivity index (χ1n) is 6.97. The Morgan fingerprint density at radius 2 is 1.83 bits per heavy atom. The minimum atomic E-state index is 0.143. The van der Waals surface area contributed by atoms with Gasteiger partial charge in [-0.2, -0.15) is 0 Å². The van der Waals surface area contributed by atoms with Gasteiger partial charge in [-0.3, -0.25) is 4.79 Å². The minimum Gasteiger partial charge on any atom is -0.325 e. The normalized spacial score (nSPS) is 12.2. The molecule has 0 aromatic heterocycles. The first-order chi connectivity index (χ1) is 8.60. The van der Waals surface area contributed by atoms with Gasteiger partial charge in [0.2, 0.25) is 5.91 Å². The van der Waals surface area contributed by atoms with Crippen molar-refractivity contribution in [1.29, 1.82) is 0 Å². The van der Waals surface area contributed by atoms with E-state index in [1.54, 1.807) is 0 Å². The molecule has 0 aliphatic heterocycles. The summed E-state index contributed by atoms with van der Waals surface area (Å²) in [6.07, 6.45) is 4.17. The molecule has 0 bridgehead atoms. The fraction of sp³-hybridized carbons (Fsp3) is 0.562. The van der Waals surface area contributed by atoms with Crippen molar-refractivity contribution in [3.63, 3.8) is 0 Å². The topological polar surface area (TPSA) is 29.1 Å². The molecule has 1 unspecified atom stereocenters. The van der Waals surface area contributed by atoms with E-state index in [2.05, 4.69) is 19.2 Å². The van der Waals surface area contributed by atoms with Crippen molar-refractivity contribution in [3.8, 4) is 0 Å². The SMILES string of the molecule is CCCCC(CC)C(=O)Nc1c(C)cccc1C. The summed E-state index contributed by atoms with van der Waals surface area (Å²) in [5.74, 6) is 0.312. The second-order valence-corrected chi connectivity index (χ2v) is 5.00. The summed E-state index contributed by atoms with van der Waals surface area (Å²) < 4.78 is 0. The molecule has 2 nitrogen and oxygen atoms in total. The van der Waals surface area contributed by atoms with Crippen molar-refractivity contribution in [2.75, 3.05) is 5.32 Å². The minimum absolute atomic E-state index is 0.143. The molecule has 0 saturated carbocycles. The lowest BCUT2D eigenvalue weighted by Crippen LogP contribution is -2.23. The molecular formula is C16H25NO. The Labute approximate surface area is 111 Å². The number of unbranched alkanes of at least 4 members (excludes halogenated alkanes) is 1. The molecule has 1 aromatic rings. The van der Waals surface area contributed by atoms with Gasteiger partial charge in [0.25, 0.3) is 0 Å². The van der Waals surface area contributed by atoms with Crippen LogP contribution < -0.4 is 5.32 Å². The standard InChI is InChI=1S/C16H25NO/c1-5-7-11-14(6-2)16(18)17-15-12(3)9-8-10-13(15)4/h8-10,14H,5-7,11H2,1-4H3,(H,17,18). The molecule has 0 aliphatic rings. The molecule has 0 heterocycles. The number of amides is 1. The summed E-state index contributed by atoms with van der Waals surface area (Å²) >= 11 is 0. The number of nitrogens with one attached hydrogen (secondary N) is 1. The van der Waals surface area contributed by atoms with Crippen molar-refractivity contribution in [2.45, 2.75) is 53.4 Å². The summed E-state index contributed by atoms with van der Waals surface area (Å²) in [4.78, 5) is 12.2. The number of hydrogen-bond acceptors (Lipinski definition) is 1. The van der Waals surface area contributed by atoms with E-state index >= 15 is 0 Å². The van der Waals surface area contributed by atoms with E-state index in [0.717, 1.165) is 42.5 Å². The zero-order chi connectivity index (χ0) is 13.5. The number of carbonyl (C=O) groups excluding carboxylic acids is 1. The Morgan fingerprint density at radius 1 is 1.22 bits per heavy atom. The van der Waals surface area contributed by atoms with E-state index in [9.17, 15) is 4.79 Å². The quantitative estimate of drug-likeness (QED) is 0.790. The molecule has 1 atom stereocenters. The number of aryl methyl sites for hydroxylation is 2. The van der Waals surface area contributed by atoms with E-state index in [-0.39, 0.29) is 11.8 Å². The Hall–Kier alpha value is -1.31. The zero-order valence-electron chi connectivity index (χ0n) is 12.0. The summed E-state index contributed by atoms with van der Waals surface area (Å²) in [6, 6.07) is 6.10. The lowest BCUT2D eigenvalue weighted by Gasteiger charge is -2.17. The van der Waals surface area contributed by atoms with Crippen LogP contribution in [0.2, 0.25) is 0 Å². The largest absolute Gasteiger partial charge is 0.325 e. The first-order valence-corrected chi connectivity index (χ1v) is 6.97. The molecule has 0 aliphatic carbocycles. The third-order valence-corrected chi connectivity index (χ3v) is 3.50. The molecule has 2 heteroatoms. The highest BCUT2D eigenvalue weighted by Gasteiger charge is 2.17. The predicted molar refractivity (Wildman–Crippen MR) is 77.9 cm³/mol. The molecule has 0 radical (unpaired) electrons. The Kier molecular flexibility index (Phi) is 5.90. The zero-order valence-corrected chi connectivity index (χ0v) is 12.0. The summed E-state index contributed by atoms with van der Waals surface area (Å²) in [5.41, 5.74) is 3.25. The van der Waals surface area contributed by atoms with Crippen LogP contribution in [0.1, 0.15) is 50.7 Å². The van der Waals surface area contributed by atoms with Gasteiger partial charge in [0.15, 0.2) is 0 Å². The maximum absolute atomic E-state index is 12.2. The molecule has 1 aromatic carbocycles. The van der Waals surface area contributed by atoms with Crippen LogP contribution in [-0.2, 0) is 4.79 Å². The molecule has 1 N–H and O–H groups in total. The average molecular weight is 247 g/mol. The Morgan fingerprint density at radius 3 is 2.33 bits per heavy atom. The van der Waals surface area contributed by atoms with E-state index in [1.807, 2.05) is 32.0 Å². The van der Waals surface area contributed by atoms with Gasteiger partial charge in [-0.1, -0.05) is 44.9 Å². The number of carbonyl (C=O) groups is 1. The van der Waals surface area contributed by atoms with Crippen LogP contribution >= 0.6 is 0 Å². The van der Waals surface area contributed by atoms with Gasteiger partial charge in [0, 0.05) is 11.6 Å². The van der Waals surface area contributed by atoms with E-state index in [1.165, 1.54) is 0 Å². The summed E-state index contributed by atoms with van der Waals surface area (Å²) in [6.45, 7) is 8.33. The monoisotopic (exact) mass is 247 g/mol. The maximum Gasteiger partial charge on any atom is 0.227 e. The third kappa shape index (κ3) is 3.86.